The van der Waals surface area contributed by atoms with E-state index in [9.17, 15) is 8.78 Å². The molecule has 1 aromatic carbocycles. The van der Waals surface area contributed by atoms with Crippen LogP contribution in [0, 0.1) is 11.6 Å². The topological polar surface area (TPSA) is 72.0 Å². The van der Waals surface area contributed by atoms with Gasteiger partial charge in [0, 0.05) is 23.9 Å². The molecule has 4 rings (SSSR count). The van der Waals surface area contributed by atoms with E-state index < -0.39 is 11.6 Å². The van der Waals surface area contributed by atoms with Crippen LogP contribution in [0.2, 0.25) is 0 Å². The maximum absolute atomic E-state index is 14.5. The van der Waals surface area contributed by atoms with Gasteiger partial charge in [0.1, 0.15) is 17.3 Å². The van der Waals surface area contributed by atoms with E-state index in [1.807, 2.05) is 25.3 Å². The van der Waals surface area contributed by atoms with Crippen LogP contribution in [0.15, 0.2) is 36.5 Å². The minimum atomic E-state index is -0.592. The molecule has 0 radical (unpaired) electrons. The first-order valence-electron chi connectivity index (χ1n) is 10.0. The lowest BCUT2D eigenvalue weighted by molar-refractivity contribution is 0.201. The van der Waals surface area contributed by atoms with Gasteiger partial charge in [-0.15, -0.1) is 0 Å². The van der Waals surface area contributed by atoms with E-state index in [1.54, 1.807) is 17.8 Å². The summed E-state index contributed by atoms with van der Waals surface area (Å²) in [5.41, 5.74) is 1.89. The largest absolute Gasteiger partial charge is 0.475 e. The quantitative estimate of drug-likeness (QED) is 0.550. The van der Waals surface area contributed by atoms with Gasteiger partial charge in [-0.25, -0.2) is 18.7 Å². The van der Waals surface area contributed by atoms with Gasteiger partial charge < -0.3 is 15.4 Å². The van der Waals surface area contributed by atoms with Gasteiger partial charge in [0.2, 0.25) is 11.8 Å². The summed E-state index contributed by atoms with van der Waals surface area (Å²) >= 11 is 1.69. The average Bonchev–Trinajstić information content (AvgIpc) is 2.73. The Morgan fingerprint density at radius 3 is 2.87 bits per heavy atom. The lowest BCUT2D eigenvalue weighted by Crippen LogP contribution is -2.15. The molecule has 0 fully saturated rings. The summed E-state index contributed by atoms with van der Waals surface area (Å²) in [4.78, 5) is 12.9. The van der Waals surface area contributed by atoms with Crippen LogP contribution in [0.1, 0.15) is 25.3 Å². The molecule has 9 heteroatoms. The van der Waals surface area contributed by atoms with Gasteiger partial charge in [-0.2, -0.15) is 16.7 Å². The molecule has 1 atom stereocenters. The van der Waals surface area contributed by atoms with E-state index in [0.29, 0.717) is 29.5 Å². The smallest absolute Gasteiger partial charge is 0.229 e. The van der Waals surface area contributed by atoms with Gasteiger partial charge in [0.25, 0.3) is 0 Å². The number of nitrogens with zero attached hydrogens (tertiary/aromatic N) is 3. The van der Waals surface area contributed by atoms with Crippen LogP contribution < -0.4 is 15.4 Å². The fourth-order valence-electron chi connectivity index (χ4n) is 3.36. The molecule has 0 amide bonds. The van der Waals surface area contributed by atoms with Crippen LogP contribution in [0.25, 0.3) is 11.3 Å². The summed E-state index contributed by atoms with van der Waals surface area (Å²) in [6.45, 7) is 2.54. The number of benzene rings is 1. The Kier molecular flexibility index (Phi) is 6.50. The van der Waals surface area contributed by atoms with Gasteiger partial charge >= 0.3 is 0 Å². The highest BCUT2D eigenvalue weighted by atomic mass is 32.2. The van der Waals surface area contributed by atoms with Crippen molar-refractivity contribution in [2.24, 2.45) is 0 Å². The molecule has 0 saturated heterocycles. The zero-order valence-electron chi connectivity index (χ0n) is 17.3. The highest BCUT2D eigenvalue weighted by Gasteiger charge is 2.15. The van der Waals surface area contributed by atoms with Gasteiger partial charge in [-0.3, -0.25) is 0 Å². The fraction of sp³-hybridized carbons (Fsp3) is 0.318. The molecule has 0 aliphatic carbocycles. The number of halogens is 2. The molecule has 0 saturated carbocycles. The second-order valence-electron chi connectivity index (χ2n) is 7.34. The first-order chi connectivity index (χ1) is 15.0. The first kappa shape index (κ1) is 21.3. The molecule has 1 aliphatic heterocycles. The van der Waals surface area contributed by atoms with Crippen molar-refractivity contribution in [2.45, 2.75) is 31.6 Å². The van der Waals surface area contributed by atoms with Crippen LogP contribution in [-0.4, -0.2) is 33.9 Å². The standard InChI is InChI=1S/C22H23F2N5OS/c1-13-4-3-7-25-18-10-15(5-6-16(18)23)21-17(24)11-26-22(29-21)28-19-8-14(12-31-2)9-20(27-19)30-13/h5-6,8-11,13,25H,3-4,7,12H2,1-2H3,(H,26,27,28,29). The normalized spacial score (nSPS) is 16.1. The molecule has 1 unspecified atom stereocenters. The number of rotatable bonds is 2. The molecule has 2 N–H and O–H groups in total. The Morgan fingerprint density at radius 2 is 2.03 bits per heavy atom. The van der Waals surface area contributed by atoms with Gasteiger partial charge in [-0.05, 0) is 55.9 Å². The summed E-state index contributed by atoms with van der Waals surface area (Å²) < 4.78 is 34.8. The number of nitrogens with one attached hydrogen (secondary N) is 2. The van der Waals surface area contributed by atoms with Crippen molar-refractivity contribution < 1.29 is 13.5 Å². The fourth-order valence-corrected chi connectivity index (χ4v) is 3.86. The van der Waals surface area contributed by atoms with E-state index in [1.165, 1.54) is 12.1 Å². The number of anilines is 3. The zero-order chi connectivity index (χ0) is 21.8. The number of ether oxygens (including phenoxy) is 1. The minimum absolute atomic E-state index is 0.0653. The van der Waals surface area contributed by atoms with Crippen molar-refractivity contribution in [1.82, 2.24) is 15.0 Å². The molecule has 3 heterocycles. The average molecular weight is 444 g/mol. The lowest BCUT2D eigenvalue weighted by Gasteiger charge is -2.17. The van der Waals surface area contributed by atoms with Crippen molar-refractivity contribution in [3.63, 3.8) is 0 Å². The highest BCUT2D eigenvalue weighted by molar-refractivity contribution is 7.97. The Bertz CT molecular complexity index is 1080. The van der Waals surface area contributed by atoms with E-state index in [2.05, 4.69) is 25.6 Å². The van der Waals surface area contributed by atoms with E-state index in [4.69, 9.17) is 4.74 Å². The van der Waals surface area contributed by atoms with Gasteiger partial charge in [-0.1, -0.05) is 0 Å². The molecular formula is C22H23F2N5OS. The summed E-state index contributed by atoms with van der Waals surface area (Å²) in [6.07, 6.45) is 4.59. The third kappa shape index (κ3) is 5.22. The third-order valence-electron chi connectivity index (χ3n) is 4.82. The zero-order valence-corrected chi connectivity index (χ0v) is 18.1. The van der Waals surface area contributed by atoms with Crippen molar-refractivity contribution in [1.29, 1.82) is 0 Å². The number of aromatic nitrogens is 3. The van der Waals surface area contributed by atoms with Crippen molar-refractivity contribution in [3.05, 3.63) is 53.7 Å². The van der Waals surface area contributed by atoms with Crippen molar-refractivity contribution in [2.75, 3.05) is 23.4 Å². The number of hydrogen-bond donors (Lipinski definition) is 2. The maximum atomic E-state index is 14.5. The Labute approximate surface area is 183 Å². The molecular weight excluding hydrogens is 420 g/mol. The number of thioether (sulfide) groups is 1. The molecule has 6 nitrogen and oxygen atoms in total. The van der Waals surface area contributed by atoms with Gasteiger partial charge in [0.05, 0.1) is 18.0 Å². The van der Waals surface area contributed by atoms with Gasteiger partial charge in [0.15, 0.2) is 5.82 Å². The molecule has 1 aliphatic rings. The maximum Gasteiger partial charge on any atom is 0.229 e. The number of hydrogen-bond acceptors (Lipinski definition) is 7. The summed E-state index contributed by atoms with van der Waals surface area (Å²) in [7, 11) is 0. The molecule has 3 aromatic rings. The van der Waals surface area contributed by atoms with Crippen molar-refractivity contribution in [3.8, 4) is 17.1 Å². The summed E-state index contributed by atoms with van der Waals surface area (Å²) in [5, 5.41) is 6.13. The Morgan fingerprint density at radius 1 is 1.16 bits per heavy atom. The van der Waals surface area contributed by atoms with Crippen LogP contribution in [0.4, 0.5) is 26.2 Å². The lowest BCUT2D eigenvalue weighted by atomic mass is 10.1. The van der Waals surface area contributed by atoms with E-state index >= 15 is 0 Å². The highest BCUT2D eigenvalue weighted by Crippen LogP contribution is 2.28. The van der Waals surface area contributed by atoms with Crippen LogP contribution >= 0.6 is 11.8 Å². The monoisotopic (exact) mass is 443 g/mol. The van der Waals surface area contributed by atoms with Crippen LogP contribution in [0.3, 0.4) is 0 Å². The van der Waals surface area contributed by atoms with Crippen LogP contribution in [-0.2, 0) is 5.75 Å². The SMILES string of the molecule is CSCc1cc2nc(c1)OC(C)CCCNc1cc(ccc1F)-c1nc(ncc1F)N2. The van der Waals surface area contributed by atoms with E-state index in [0.717, 1.165) is 30.4 Å². The first-order valence-corrected chi connectivity index (χ1v) is 11.4. The summed E-state index contributed by atoms with van der Waals surface area (Å²) in [5.74, 6) is 1.00. The Balaban J connectivity index is 1.77. The molecule has 0 spiro atoms. The molecule has 6 bridgehead atoms. The summed E-state index contributed by atoms with van der Waals surface area (Å²) in [6, 6.07) is 8.18. The Hall–Kier alpha value is -2.94. The predicted octanol–water partition coefficient (Wildman–Crippen LogP) is 5.40. The molecule has 31 heavy (non-hydrogen) atoms. The second kappa shape index (κ2) is 9.47. The third-order valence-corrected chi connectivity index (χ3v) is 5.44. The van der Waals surface area contributed by atoms with Crippen molar-refractivity contribution >= 4 is 29.2 Å². The predicted molar refractivity (Wildman–Crippen MR) is 120 cm³/mol. The van der Waals surface area contributed by atoms with Crippen LogP contribution in [0.5, 0.6) is 5.88 Å². The van der Waals surface area contributed by atoms with E-state index in [-0.39, 0.29) is 17.7 Å². The molecule has 162 valence electrons. The second-order valence-corrected chi connectivity index (χ2v) is 8.21. The molecule has 2 aromatic heterocycles. The minimum Gasteiger partial charge on any atom is -0.475 e. The number of pyridine rings is 1. The number of fused-ring (bicyclic) bond motifs is 7.